The van der Waals surface area contributed by atoms with Gasteiger partial charge in [-0.1, -0.05) is 49.6 Å². The first kappa shape index (κ1) is 19.1. The number of rotatable bonds is 5. The van der Waals surface area contributed by atoms with Gasteiger partial charge in [0.05, 0.1) is 0 Å². The summed E-state index contributed by atoms with van der Waals surface area (Å²) in [6, 6.07) is 18.7. The molecule has 0 aromatic heterocycles. The molecule has 0 fully saturated rings. The van der Waals surface area contributed by atoms with Gasteiger partial charge in [0.25, 0.3) is 0 Å². The highest BCUT2D eigenvalue weighted by atomic mass is 16.5. The predicted octanol–water partition coefficient (Wildman–Crippen LogP) is 5.47. The van der Waals surface area contributed by atoms with Gasteiger partial charge in [0.15, 0.2) is 0 Å². The number of benzene rings is 3. The molecule has 0 radical (unpaired) electrons. The molecule has 0 saturated carbocycles. The molecule has 28 heavy (non-hydrogen) atoms. The molecule has 0 heterocycles. The molecule has 3 aromatic rings. The van der Waals surface area contributed by atoms with Crippen LogP contribution in [0.15, 0.2) is 85.0 Å². The lowest BCUT2D eigenvalue weighted by molar-refractivity contribution is -0.130. The minimum atomic E-state index is -0.458. The molecule has 0 aliphatic carbocycles. The molecule has 0 aliphatic rings. The van der Waals surface area contributed by atoms with E-state index in [9.17, 15) is 9.59 Å². The molecule has 4 nitrogen and oxygen atoms in total. The first-order chi connectivity index (χ1) is 13.3. The zero-order valence-electron chi connectivity index (χ0n) is 15.8. The Kier molecular flexibility index (Phi) is 5.41. The van der Waals surface area contributed by atoms with Crippen LogP contribution in [0.4, 0.5) is 0 Å². The molecule has 0 atom stereocenters. The summed E-state index contributed by atoms with van der Waals surface area (Å²) in [5.74, 6) is -0.00425. The molecule has 0 spiro atoms. The summed E-state index contributed by atoms with van der Waals surface area (Å²) in [7, 11) is 0. The average Bonchev–Trinajstić information content (AvgIpc) is 2.68. The van der Waals surface area contributed by atoms with Crippen LogP contribution in [-0.2, 0) is 9.59 Å². The minimum absolute atomic E-state index is 0.341. The number of ether oxygens (including phenoxy) is 2. The molecule has 0 saturated heterocycles. The van der Waals surface area contributed by atoms with Crippen molar-refractivity contribution in [2.24, 2.45) is 0 Å². The predicted molar refractivity (Wildman–Crippen MR) is 110 cm³/mol. The van der Waals surface area contributed by atoms with Gasteiger partial charge >= 0.3 is 11.9 Å². The van der Waals surface area contributed by atoms with Gasteiger partial charge in [-0.2, -0.15) is 0 Å². The lowest BCUT2D eigenvalue weighted by Gasteiger charge is -2.10. The van der Waals surface area contributed by atoms with Gasteiger partial charge in [-0.25, -0.2) is 9.59 Å². The van der Waals surface area contributed by atoms with E-state index in [1.807, 2.05) is 42.5 Å². The van der Waals surface area contributed by atoms with Crippen molar-refractivity contribution in [1.29, 1.82) is 0 Å². The van der Waals surface area contributed by atoms with Gasteiger partial charge in [-0.15, -0.1) is 0 Å². The van der Waals surface area contributed by atoms with Crippen LogP contribution in [0.1, 0.15) is 13.8 Å². The quantitative estimate of drug-likeness (QED) is 0.338. The number of hydrogen-bond acceptors (Lipinski definition) is 4. The van der Waals surface area contributed by atoms with Crippen molar-refractivity contribution in [2.75, 3.05) is 0 Å². The van der Waals surface area contributed by atoms with E-state index in [4.69, 9.17) is 9.47 Å². The molecule has 0 aliphatic heterocycles. The Balaban J connectivity index is 1.96. The first-order valence-electron chi connectivity index (χ1n) is 8.74. The molecule has 3 rings (SSSR count). The molecule has 140 valence electrons. The molecular formula is C24H20O4. The highest BCUT2D eigenvalue weighted by Crippen LogP contribution is 2.32. The lowest BCUT2D eigenvalue weighted by Crippen LogP contribution is -2.08. The van der Waals surface area contributed by atoms with E-state index in [-0.39, 0.29) is 0 Å². The highest BCUT2D eigenvalue weighted by molar-refractivity contribution is 5.98. The summed E-state index contributed by atoms with van der Waals surface area (Å²) >= 11 is 0. The molecule has 3 aromatic carbocycles. The molecule has 0 N–H and O–H groups in total. The van der Waals surface area contributed by atoms with E-state index in [1.54, 1.807) is 32.0 Å². The van der Waals surface area contributed by atoms with Crippen LogP contribution in [0.2, 0.25) is 0 Å². The van der Waals surface area contributed by atoms with Crippen LogP contribution >= 0.6 is 0 Å². The van der Waals surface area contributed by atoms with E-state index in [0.29, 0.717) is 22.6 Å². The zero-order valence-corrected chi connectivity index (χ0v) is 15.8. The largest absolute Gasteiger partial charge is 0.423 e. The molecule has 4 heteroatoms. The second kappa shape index (κ2) is 7.92. The summed E-state index contributed by atoms with van der Waals surface area (Å²) in [5, 5.41) is 1.96. The van der Waals surface area contributed by atoms with Crippen LogP contribution in [-0.4, -0.2) is 11.9 Å². The summed E-state index contributed by atoms with van der Waals surface area (Å²) in [6.07, 6.45) is 0. The van der Waals surface area contributed by atoms with E-state index in [0.717, 1.165) is 21.9 Å². The number of hydrogen-bond donors (Lipinski definition) is 0. The van der Waals surface area contributed by atoms with E-state index in [1.165, 1.54) is 0 Å². The number of carbonyl (C=O) groups excluding carboxylic acids is 2. The standard InChI is InChI=1S/C24H20O4/c1-15(2)23(25)27-19-11-8-18(9-12-19)21-7-5-6-17-10-13-20(14-22(17)21)28-24(26)16(3)4/h5-14H,1,3H2,2,4H3. The third kappa shape index (κ3) is 4.18. The normalized spacial score (nSPS) is 10.4. The molecule has 0 unspecified atom stereocenters. The van der Waals surface area contributed by atoms with Crippen molar-refractivity contribution < 1.29 is 19.1 Å². The maximum Gasteiger partial charge on any atom is 0.338 e. The molecule has 0 amide bonds. The number of esters is 2. The smallest absolute Gasteiger partial charge is 0.338 e. The first-order valence-corrected chi connectivity index (χ1v) is 8.74. The Hall–Kier alpha value is -3.66. The Bertz CT molecular complexity index is 1090. The lowest BCUT2D eigenvalue weighted by atomic mass is 9.98. The Labute approximate surface area is 163 Å². The third-order valence-electron chi connectivity index (χ3n) is 4.14. The summed E-state index contributed by atoms with van der Waals surface area (Å²) in [5.41, 5.74) is 2.61. The van der Waals surface area contributed by atoms with Gasteiger partial charge in [-0.3, -0.25) is 0 Å². The molecular weight excluding hydrogens is 352 g/mol. The van der Waals surface area contributed by atoms with Crippen molar-refractivity contribution in [1.82, 2.24) is 0 Å². The van der Waals surface area contributed by atoms with E-state index >= 15 is 0 Å². The Morgan fingerprint density at radius 2 is 1.32 bits per heavy atom. The van der Waals surface area contributed by atoms with Gasteiger partial charge in [-0.05, 0) is 60.0 Å². The second-order valence-electron chi connectivity index (χ2n) is 6.55. The summed E-state index contributed by atoms with van der Waals surface area (Å²) in [6.45, 7) is 10.4. The summed E-state index contributed by atoms with van der Waals surface area (Å²) in [4.78, 5) is 23.5. The van der Waals surface area contributed by atoms with Crippen LogP contribution in [0.5, 0.6) is 11.5 Å². The fraction of sp³-hybridized carbons (Fsp3) is 0.0833. The molecule has 0 bridgehead atoms. The third-order valence-corrected chi connectivity index (χ3v) is 4.14. The highest BCUT2D eigenvalue weighted by Gasteiger charge is 2.10. The van der Waals surface area contributed by atoms with Crippen molar-refractivity contribution in [2.45, 2.75) is 13.8 Å². The maximum atomic E-state index is 11.8. The second-order valence-corrected chi connectivity index (χ2v) is 6.55. The van der Waals surface area contributed by atoms with Gasteiger partial charge in [0.1, 0.15) is 11.5 Å². The SMILES string of the molecule is C=C(C)C(=O)Oc1ccc(-c2cccc3ccc(OC(=O)C(=C)C)cc23)cc1. The number of carbonyl (C=O) groups is 2. The zero-order chi connectivity index (χ0) is 20.3. The average molecular weight is 372 g/mol. The maximum absolute atomic E-state index is 11.8. The Morgan fingerprint density at radius 1 is 0.750 bits per heavy atom. The van der Waals surface area contributed by atoms with Gasteiger partial charge in [0, 0.05) is 11.1 Å². The van der Waals surface area contributed by atoms with Crippen LogP contribution in [0.25, 0.3) is 21.9 Å². The topological polar surface area (TPSA) is 52.6 Å². The Morgan fingerprint density at radius 3 is 1.93 bits per heavy atom. The summed E-state index contributed by atoms with van der Waals surface area (Å²) < 4.78 is 10.6. The fourth-order valence-corrected chi connectivity index (χ4v) is 2.66. The van der Waals surface area contributed by atoms with Crippen molar-refractivity contribution in [3.8, 4) is 22.6 Å². The van der Waals surface area contributed by atoms with Crippen molar-refractivity contribution >= 4 is 22.7 Å². The monoisotopic (exact) mass is 372 g/mol. The van der Waals surface area contributed by atoms with Crippen LogP contribution in [0, 0.1) is 0 Å². The van der Waals surface area contributed by atoms with Crippen molar-refractivity contribution in [3.05, 3.63) is 85.0 Å². The van der Waals surface area contributed by atoms with Crippen molar-refractivity contribution in [3.63, 3.8) is 0 Å². The van der Waals surface area contributed by atoms with Crippen LogP contribution in [0.3, 0.4) is 0 Å². The van der Waals surface area contributed by atoms with E-state index in [2.05, 4.69) is 13.2 Å². The van der Waals surface area contributed by atoms with Gasteiger partial charge < -0.3 is 9.47 Å². The number of fused-ring (bicyclic) bond motifs is 1. The van der Waals surface area contributed by atoms with Crippen LogP contribution < -0.4 is 9.47 Å². The minimum Gasteiger partial charge on any atom is -0.423 e. The van der Waals surface area contributed by atoms with Gasteiger partial charge in [0.2, 0.25) is 0 Å². The fourth-order valence-electron chi connectivity index (χ4n) is 2.66. The van der Waals surface area contributed by atoms with E-state index < -0.39 is 11.9 Å².